The van der Waals surface area contributed by atoms with Crippen LogP contribution in [0.1, 0.15) is 26.3 Å². The molecule has 0 amide bonds. The molecule has 0 spiro atoms. The molecule has 2 rings (SSSR count). The lowest BCUT2D eigenvalue weighted by molar-refractivity contribution is 0.682. The summed E-state index contributed by atoms with van der Waals surface area (Å²) in [4.78, 5) is 0. The Hall–Kier alpha value is -1.86. The van der Waals surface area contributed by atoms with E-state index >= 15 is 0 Å². The van der Waals surface area contributed by atoms with Crippen LogP contribution in [0, 0.1) is 5.92 Å². The highest BCUT2D eigenvalue weighted by molar-refractivity contribution is 5.66. The van der Waals surface area contributed by atoms with Crippen molar-refractivity contribution >= 4 is 6.08 Å². The largest absolute Gasteiger partial charge is 0.313 e. The summed E-state index contributed by atoms with van der Waals surface area (Å²) in [6.45, 7) is 8.63. The van der Waals surface area contributed by atoms with Crippen molar-refractivity contribution in [1.29, 1.82) is 0 Å². The van der Waals surface area contributed by atoms with E-state index in [2.05, 4.69) is 86.8 Å². The normalized spacial score (nSPS) is 11.9. The molecule has 0 saturated heterocycles. The van der Waals surface area contributed by atoms with Gasteiger partial charge in [-0.2, -0.15) is 0 Å². The van der Waals surface area contributed by atoms with Gasteiger partial charge in [-0.25, -0.2) is 0 Å². The third-order valence-corrected chi connectivity index (χ3v) is 3.69. The van der Waals surface area contributed by atoms with E-state index in [1.807, 2.05) is 0 Å². The first kappa shape index (κ1) is 15.5. The fourth-order valence-corrected chi connectivity index (χ4v) is 2.31. The Bertz CT molecular complexity index is 565. The van der Waals surface area contributed by atoms with Crippen molar-refractivity contribution in [2.45, 2.75) is 20.8 Å². The third kappa shape index (κ3) is 4.57. The lowest BCUT2D eigenvalue weighted by atomic mass is 9.98. The molecule has 0 unspecified atom stereocenters. The molecule has 0 heterocycles. The van der Waals surface area contributed by atoms with Gasteiger partial charge in [-0.3, -0.25) is 0 Å². The summed E-state index contributed by atoms with van der Waals surface area (Å²) in [6, 6.07) is 19.3. The molecule has 0 aliphatic heterocycles. The number of hydrogen-bond donors (Lipinski definition) is 1. The van der Waals surface area contributed by atoms with Gasteiger partial charge >= 0.3 is 0 Å². The summed E-state index contributed by atoms with van der Waals surface area (Å²) < 4.78 is 0. The van der Waals surface area contributed by atoms with Crippen molar-refractivity contribution in [3.63, 3.8) is 0 Å². The van der Waals surface area contributed by atoms with E-state index in [0.717, 1.165) is 13.1 Å². The SMILES string of the molecule is CCNCC(=Cc1ccc(-c2ccccc2)cc1)C(C)C. The number of likely N-dealkylation sites (N-methyl/N-ethyl adjacent to an activating group) is 1. The maximum absolute atomic E-state index is 3.42. The molecule has 2 aromatic rings. The van der Waals surface area contributed by atoms with Crippen LogP contribution in [0.15, 0.2) is 60.2 Å². The van der Waals surface area contributed by atoms with E-state index < -0.39 is 0 Å². The van der Waals surface area contributed by atoms with Crippen molar-refractivity contribution in [2.24, 2.45) is 5.92 Å². The minimum atomic E-state index is 0.567. The van der Waals surface area contributed by atoms with Gasteiger partial charge in [0.05, 0.1) is 0 Å². The van der Waals surface area contributed by atoms with Crippen LogP contribution in [-0.4, -0.2) is 13.1 Å². The molecule has 0 radical (unpaired) electrons. The summed E-state index contributed by atoms with van der Waals surface area (Å²) in [7, 11) is 0. The highest BCUT2D eigenvalue weighted by Gasteiger charge is 2.03. The van der Waals surface area contributed by atoms with Crippen LogP contribution in [-0.2, 0) is 0 Å². The van der Waals surface area contributed by atoms with Crippen molar-refractivity contribution in [3.05, 3.63) is 65.7 Å². The molecular weight excluding hydrogens is 254 g/mol. The zero-order chi connectivity index (χ0) is 15.1. The Morgan fingerprint density at radius 1 is 0.952 bits per heavy atom. The van der Waals surface area contributed by atoms with E-state index in [9.17, 15) is 0 Å². The second kappa shape index (κ2) is 7.80. The lowest BCUT2D eigenvalue weighted by Crippen LogP contribution is -2.18. The number of nitrogens with one attached hydrogen (secondary N) is 1. The van der Waals surface area contributed by atoms with Gasteiger partial charge in [0, 0.05) is 6.54 Å². The van der Waals surface area contributed by atoms with Gasteiger partial charge in [-0.1, -0.05) is 87.0 Å². The Morgan fingerprint density at radius 2 is 1.57 bits per heavy atom. The van der Waals surface area contributed by atoms with E-state index in [4.69, 9.17) is 0 Å². The quantitative estimate of drug-likeness (QED) is 0.784. The Morgan fingerprint density at radius 3 is 2.14 bits per heavy atom. The van der Waals surface area contributed by atoms with E-state index in [1.165, 1.54) is 22.3 Å². The monoisotopic (exact) mass is 279 g/mol. The first-order valence-electron chi connectivity index (χ1n) is 7.77. The average Bonchev–Trinajstić information content (AvgIpc) is 2.52. The standard InChI is InChI=1S/C20H25N/c1-4-21-15-20(16(2)3)14-17-10-12-19(13-11-17)18-8-6-5-7-9-18/h5-14,16,21H,4,15H2,1-3H3. The minimum Gasteiger partial charge on any atom is -0.313 e. The Balaban J connectivity index is 2.18. The average molecular weight is 279 g/mol. The molecule has 1 N–H and O–H groups in total. The Labute approximate surface area is 128 Å². The molecule has 21 heavy (non-hydrogen) atoms. The summed E-state index contributed by atoms with van der Waals surface area (Å²) >= 11 is 0. The molecule has 1 nitrogen and oxygen atoms in total. The minimum absolute atomic E-state index is 0.567. The molecule has 1 heteroatoms. The highest BCUT2D eigenvalue weighted by Crippen LogP contribution is 2.21. The molecule has 0 aliphatic rings. The topological polar surface area (TPSA) is 12.0 Å². The zero-order valence-corrected chi connectivity index (χ0v) is 13.3. The second-order valence-corrected chi connectivity index (χ2v) is 5.64. The summed E-state index contributed by atoms with van der Waals surface area (Å²) in [5.41, 5.74) is 5.26. The zero-order valence-electron chi connectivity index (χ0n) is 13.3. The van der Waals surface area contributed by atoms with E-state index in [0.29, 0.717) is 5.92 Å². The number of rotatable bonds is 6. The second-order valence-electron chi connectivity index (χ2n) is 5.64. The number of hydrogen-bond acceptors (Lipinski definition) is 1. The van der Waals surface area contributed by atoms with Crippen LogP contribution >= 0.6 is 0 Å². The van der Waals surface area contributed by atoms with Crippen LogP contribution in [0.2, 0.25) is 0 Å². The predicted octanol–water partition coefficient (Wildman–Crippen LogP) is 5.00. The van der Waals surface area contributed by atoms with E-state index in [1.54, 1.807) is 0 Å². The molecule has 2 aromatic carbocycles. The molecular formula is C20H25N. The van der Waals surface area contributed by atoms with Crippen LogP contribution in [0.3, 0.4) is 0 Å². The molecule has 0 bridgehead atoms. The molecule has 0 aliphatic carbocycles. The van der Waals surface area contributed by atoms with Gasteiger partial charge in [0.25, 0.3) is 0 Å². The fourth-order valence-electron chi connectivity index (χ4n) is 2.31. The fraction of sp³-hybridized carbons (Fsp3) is 0.300. The molecule has 0 aromatic heterocycles. The number of benzene rings is 2. The smallest absolute Gasteiger partial charge is 0.0170 e. The first-order chi connectivity index (χ1) is 10.2. The molecule has 0 saturated carbocycles. The lowest BCUT2D eigenvalue weighted by Gasteiger charge is -2.12. The van der Waals surface area contributed by atoms with E-state index in [-0.39, 0.29) is 0 Å². The maximum Gasteiger partial charge on any atom is 0.0170 e. The molecule has 0 atom stereocenters. The van der Waals surface area contributed by atoms with Gasteiger partial charge < -0.3 is 5.32 Å². The van der Waals surface area contributed by atoms with Gasteiger partial charge in [0.15, 0.2) is 0 Å². The maximum atomic E-state index is 3.42. The van der Waals surface area contributed by atoms with Crippen LogP contribution in [0.25, 0.3) is 17.2 Å². The van der Waals surface area contributed by atoms with Gasteiger partial charge in [0.1, 0.15) is 0 Å². The van der Waals surface area contributed by atoms with Crippen LogP contribution < -0.4 is 5.32 Å². The molecule has 110 valence electrons. The van der Waals surface area contributed by atoms with Gasteiger partial charge in [-0.05, 0) is 29.2 Å². The predicted molar refractivity (Wildman–Crippen MR) is 93.2 cm³/mol. The van der Waals surface area contributed by atoms with Crippen molar-refractivity contribution in [1.82, 2.24) is 5.32 Å². The van der Waals surface area contributed by atoms with Gasteiger partial charge in [0.2, 0.25) is 0 Å². The highest BCUT2D eigenvalue weighted by atomic mass is 14.8. The Kier molecular flexibility index (Phi) is 5.77. The van der Waals surface area contributed by atoms with Crippen molar-refractivity contribution < 1.29 is 0 Å². The van der Waals surface area contributed by atoms with Gasteiger partial charge in [-0.15, -0.1) is 0 Å². The summed E-state index contributed by atoms with van der Waals surface area (Å²) in [5, 5.41) is 3.42. The van der Waals surface area contributed by atoms with Crippen molar-refractivity contribution in [3.8, 4) is 11.1 Å². The van der Waals surface area contributed by atoms with Crippen LogP contribution in [0.5, 0.6) is 0 Å². The van der Waals surface area contributed by atoms with Crippen LogP contribution in [0.4, 0.5) is 0 Å². The summed E-state index contributed by atoms with van der Waals surface area (Å²) in [5.74, 6) is 0.567. The third-order valence-electron chi connectivity index (χ3n) is 3.69. The van der Waals surface area contributed by atoms with Crippen molar-refractivity contribution in [2.75, 3.05) is 13.1 Å². The molecule has 0 fully saturated rings. The first-order valence-corrected chi connectivity index (χ1v) is 7.77. The summed E-state index contributed by atoms with van der Waals surface area (Å²) in [6.07, 6.45) is 2.31.